The minimum atomic E-state index is 0.797. The molecule has 0 aliphatic carbocycles. The first-order valence-electron chi connectivity index (χ1n) is 7.40. The van der Waals surface area contributed by atoms with E-state index in [2.05, 4.69) is 22.8 Å². The molecule has 0 saturated carbocycles. The number of carbonyl (C=O) groups excluding carboxylic acids is 1. The average Bonchev–Trinajstić information content (AvgIpc) is 2.84. The van der Waals surface area contributed by atoms with Crippen molar-refractivity contribution >= 4 is 17.2 Å². The summed E-state index contributed by atoms with van der Waals surface area (Å²) < 4.78 is 7.41. The number of nitrogens with zero attached hydrogens (tertiary/aromatic N) is 1. The predicted octanol–water partition coefficient (Wildman–Crippen LogP) is 4.01. The summed E-state index contributed by atoms with van der Waals surface area (Å²) in [4.78, 5) is 11.4. The number of aromatic nitrogens is 1. The van der Waals surface area contributed by atoms with Crippen LogP contribution in [0.25, 0.3) is 10.9 Å². The van der Waals surface area contributed by atoms with Crippen molar-refractivity contribution in [1.82, 2.24) is 4.57 Å². The molecule has 0 radical (unpaired) electrons. The highest BCUT2D eigenvalue weighted by molar-refractivity contribution is 5.99. The van der Waals surface area contributed by atoms with E-state index in [-0.39, 0.29) is 0 Å². The molecule has 0 N–H and O–H groups in total. The molecular formula is C19H19NO2. The largest absolute Gasteiger partial charge is 0.497 e. The van der Waals surface area contributed by atoms with E-state index in [0.717, 1.165) is 47.2 Å². The highest BCUT2D eigenvalue weighted by atomic mass is 16.5. The van der Waals surface area contributed by atoms with E-state index < -0.39 is 0 Å². The molecule has 1 aromatic heterocycles. The first kappa shape index (κ1) is 14.4. The molecule has 0 amide bonds. The van der Waals surface area contributed by atoms with Gasteiger partial charge in [-0.15, -0.1) is 0 Å². The van der Waals surface area contributed by atoms with Gasteiger partial charge in [0.2, 0.25) is 0 Å². The molecular weight excluding hydrogens is 274 g/mol. The monoisotopic (exact) mass is 293 g/mol. The normalized spacial score (nSPS) is 10.8. The first-order chi connectivity index (χ1) is 10.7. The summed E-state index contributed by atoms with van der Waals surface area (Å²) in [5.41, 5.74) is 4.20. The summed E-state index contributed by atoms with van der Waals surface area (Å²) in [5.74, 6) is 0.870. The lowest BCUT2D eigenvalue weighted by Gasteiger charge is -2.09. The van der Waals surface area contributed by atoms with Gasteiger partial charge in [0.25, 0.3) is 0 Å². The molecule has 0 aliphatic rings. The zero-order valence-corrected chi connectivity index (χ0v) is 12.9. The quantitative estimate of drug-likeness (QED) is 0.665. The molecule has 0 saturated heterocycles. The van der Waals surface area contributed by atoms with Crippen LogP contribution < -0.4 is 4.74 Å². The second kappa shape index (κ2) is 6.06. The van der Waals surface area contributed by atoms with Gasteiger partial charge in [-0.2, -0.15) is 0 Å². The lowest BCUT2D eigenvalue weighted by Crippen LogP contribution is -2.03. The van der Waals surface area contributed by atoms with Crippen LogP contribution in [0, 0.1) is 6.92 Å². The van der Waals surface area contributed by atoms with Crippen LogP contribution in [0.5, 0.6) is 5.75 Å². The highest BCUT2D eigenvalue weighted by Gasteiger charge is 2.12. The Hall–Kier alpha value is -2.55. The number of hydrogen-bond donors (Lipinski definition) is 0. The molecule has 22 heavy (non-hydrogen) atoms. The van der Waals surface area contributed by atoms with Gasteiger partial charge in [-0.25, -0.2) is 0 Å². The van der Waals surface area contributed by atoms with Crippen molar-refractivity contribution in [2.75, 3.05) is 7.11 Å². The summed E-state index contributed by atoms with van der Waals surface area (Å²) in [5, 5.41) is 1.03. The zero-order valence-electron chi connectivity index (χ0n) is 12.9. The van der Waals surface area contributed by atoms with Gasteiger partial charge in [0.15, 0.2) is 6.29 Å². The van der Waals surface area contributed by atoms with Crippen molar-refractivity contribution in [2.45, 2.75) is 19.9 Å². The van der Waals surface area contributed by atoms with Crippen LogP contribution in [0.15, 0.2) is 48.5 Å². The van der Waals surface area contributed by atoms with Gasteiger partial charge in [0.1, 0.15) is 5.75 Å². The van der Waals surface area contributed by atoms with E-state index in [0.29, 0.717) is 0 Å². The molecule has 0 spiro atoms. The molecule has 1 heterocycles. The second-order valence-electron chi connectivity index (χ2n) is 5.38. The Bertz CT molecular complexity index is 800. The van der Waals surface area contributed by atoms with Crippen LogP contribution in [-0.2, 0) is 13.0 Å². The molecule has 112 valence electrons. The number of hydrogen-bond acceptors (Lipinski definition) is 2. The topological polar surface area (TPSA) is 31.2 Å². The first-order valence-corrected chi connectivity index (χ1v) is 7.40. The summed E-state index contributed by atoms with van der Waals surface area (Å²) in [6.07, 6.45) is 1.88. The van der Waals surface area contributed by atoms with Crippen LogP contribution in [0.2, 0.25) is 0 Å². The summed E-state index contributed by atoms with van der Waals surface area (Å²) in [7, 11) is 1.67. The summed E-state index contributed by atoms with van der Waals surface area (Å²) in [6, 6.07) is 16.2. The van der Waals surface area contributed by atoms with Gasteiger partial charge in [0.05, 0.1) is 7.11 Å². The standard InChI is InChI=1S/C19H19NO2/c1-14-18(13-21)17-5-3-4-6-19(17)20(14)12-11-15-7-9-16(22-2)10-8-15/h3-10,13H,11-12H2,1-2H3. The molecule has 0 fully saturated rings. The minimum Gasteiger partial charge on any atom is -0.497 e. The highest BCUT2D eigenvalue weighted by Crippen LogP contribution is 2.25. The van der Waals surface area contributed by atoms with Crippen LogP contribution in [-0.4, -0.2) is 18.0 Å². The number of aldehydes is 1. The van der Waals surface area contributed by atoms with Crippen molar-refractivity contribution < 1.29 is 9.53 Å². The van der Waals surface area contributed by atoms with E-state index in [1.54, 1.807) is 7.11 Å². The van der Waals surface area contributed by atoms with Gasteiger partial charge < -0.3 is 9.30 Å². The Kier molecular flexibility index (Phi) is 3.96. The molecule has 0 atom stereocenters. The van der Waals surface area contributed by atoms with Crippen molar-refractivity contribution in [3.63, 3.8) is 0 Å². The van der Waals surface area contributed by atoms with E-state index in [9.17, 15) is 4.79 Å². The van der Waals surface area contributed by atoms with Gasteiger partial charge in [-0.3, -0.25) is 4.79 Å². The maximum atomic E-state index is 11.4. The van der Waals surface area contributed by atoms with Crippen molar-refractivity contribution in [2.24, 2.45) is 0 Å². The van der Waals surface area contributed by atoms with Crippen LogP contribution in [0.1, 0.15) is 21.6 Å². The third kappa shape index (κ3) is 2.50. The van der Waals surface area contributed by atoms with Crippen molar-refractivity contribution in [3.8, 4) is 5.75 Å². The van der Waals surface area contributed by atoms with Gasteiger partial charge in [-0.05, 0) is 37.1 Å². The number of para-hydroxylation sites is 1. The minimum absolute atomic E-state index is 0.797. The van der Waals surface area contributed by atoms with Gasteiger partial charge in [-0.1, -0.05) is 30.3 Å². The maximum absolute atomic E-state index is 11.4. The summed E-state index contributed by atoms with van der Waals surface area (Å²) in [6.45, 7) is 2.87. The fourth-order valence-corrected chi connectivity index (χ4v) is 2.93. The third-order valence-electron chi connectivity index (χ3n) is 4.18. The number of aryl methyl sites for hydroxylation is 2. The molecule has 0 aliphatic heterocycles. The Morgan fingerprint density at radius 2 is 1.82 bits per heavy atom. The number of carbonyl (C=O) groups is 1. The molecule has 3 aromatic rings. The fourth-order valence-electron chi connectivity index (χ4n) is 2.93. The Balaban J connectivity index is 1.90. The molecule has 3 rings (SSSR count). The third-order valence-corrected chi connectivity index (χ3v) is 4.18. The van der Waals surface area contributed by atoms with Gasteiger partial charge in [0, 0.05) is 28.7 Å². The van der Waals surface area contributed by atoms with Crippen molar-refractivity contribution in [3.05, 3.63) is 65.4 Å². The number of benzene rings is 2. The van der Waals surface area contributed by atoms with E-state index in [4.69, 9.17) is 4.74 Å². The Morgan fingerprint density at radius 3 is 2.50 bits per heavy atom. The molecule has 3 heteroatoms. The summed E-state index contributed by atoms with van der Waals surface area (Å²) >= 11 is 0. The number of ether oxygens (including phenoxy) is 1. The molecule has 0 unspecified atom stereocenters. The Labute approximate surface area is 130 Å². The lowest BCUT2D eigenvalue weighted by atomic mass is 10.1. The van der Waals surface area contributed by atoms with Crippen LogP contribution in [0.4, 0.5) is 0 Å². The van der Waals surface area contributed by atoms with E-state index in [1.165, 1.54) is 5.56 Å². The predicted molar refractivity (Wildman–Crippen MR) is 88.8 cm³/mol. The maximum Gasteiger partial charge on any atom is 0.152 e. The lowest BCUT2D eigenvalue weighted by molar-refractivity contribution is 0.112. The van der Waals surface area contributed by atoms with E-state index >= 15 is 0 Å². The van der Waals surface area contributed by atoms with Crippen molar-refractivity contribution in [1.29, 1.82) is 0 Å². The molecule has 2 aromatic carbocycles. The molecule has 3 nitrogen and oxygen atoms in total. The Morgan fingerprint density at radius 1 is 1.09 bits per heavy atom. The molecule has 0 bridgehead atoms. The van der Waals surface area contributed by atoms with Gasteiger partial charge >= 0.3 is 0 Å². The van der Waals surface area contributed by atoms with E-state index in [1.807, 2.05) is 37.3 Å². The van der Waals surface area contributed by atoms with Crippen LogP contribution in [0.3, 0.4) is 0 Å². The number of fused-ring (bicyclic) bond motifs is 1. The van der Waals surface area contributed by atoms with Crippen LogP contribution >= 0.6 is 0 Å². The number of methoxy groups -OCH3 is 1. The average molecular weight is 293 g/mol. The SMILES string of the molecule is COc1ccc(CCn2c(C)c(C=O)c3ccccc32)cc1. The fraction of sp³-hybridized carbons (Fsp3) is 0.211. The smallest absolute Gasteiger partial charge is 0.152 e. The second-order valence-corrected chi connectivity index (χ2v) is 5.38. The number of rotatable bonds is 5. The zero-order chi connectivity index (χ0) is 15.5.